The molecule has 152 valence electrons. The van der Waals surface area contributed by atoms with Gasteiger partial charge in [-0.3, -0.25) is 4.79 Å². The molecule has 2 rings (SSSR count). The van der Waals surface area contributed by atoms with Crippen LogP contribution in [0.15, 0.2) is 24.3 Å². The van der Waals surface area contributed by atoms with Crippen LogP contribution in [0.5, 0.6) is 5.75 Å². The molecule has 1 N–H and O–H groups in total. The predicted octanol–water partition coefficient (Wildman–Crippen LogP) is 4.33. The second-order valence-corrected chi connectivity index (χ2v) is 7.48. The van der Waals surface area contributed by atoms with E-state index in [2.05, 4.69) is 31.0 Å². The third-order valence-corrected chi connectivity index (χ3v) is 5.47. The molecule has 5 nitrogen and oxygen atoms in total. The SMILES string of the molecule is CCO[C@@]1(C(=O)Nc2ccc(OCCN(CC)CC)cc2)CCC[C@H](C)C1. The van der Waals surface area contributed by atoms with Gasteiger partial charge >= 0.3 is 0 Å². The van der Waals surface area contributed by atoms with Crippen LogP contribution >= 0.6 is 0 Å². The molecule has 0 aliphatic heterocycles. The number of anilines is 1. The molecule has 0 unspecified atom stereocenters. The monoisotopic (exact) mass is 376 g/mol. The summed E-state index contributed by atoms with van der Waals surface area (Å²) in [5.74, 6) is 1.31. The number of hydrogen-bond donors (Lipinski definition) is 1. The average molecular weight is 377 g/mol. The highest BCUT2D eigenvalue weighted by atomic mass is 16.5. The summed E-state index contributed by atoms with van der Waals surface area (Å²) < 4.78 is 11.8. The van der Waals surface area contributed by atoms with E-state index < -0.39 is 5.60 Å². The topological polar surface area (TPSA) is 50.8 Å². The molecule has 1 aliphatic rings. The lowest BCUT2D eigenvalue weighted by Gasteiger charge is -2.38. The molecule has 1 aromatic rings. The number of likely N-dealkylation sites (N-methyl/N-ethyl adjacent to an activating group) is 1. The molecule has 1 fully saturated rings. The van der Waals surface area contributed by atoms with Crippen molar-refractivity contribution in [2.75, 3.05) is 38.2 Å². The third-order valence-electron chi connectivity index (χ3n) is 5.47. The van der Waals surface area contributed by atoms with Crippen LogP contribution in [-0.4, -0.2) is 49.3 Å². The van der Waals surface area contributed by atoms with Crippen LogP contribution in [0.25, 0.3) is 0 Å². The molecule has 0 spiro atoms. The van der Waals surface area contributed by atoms with Crippen LogP contribution < -0.4 is 10.1 Å². The Labute approximate surface area is 164 Å². The van der Waals surface area contributed by atoms with Crippen LogP contribution in [0.4, 0.5) is 5.69 Å². The van der Waals surface area contributed by atoms with Gasteiger partial charge in [0, 0.05) is 18.8 Å². The van der Waals surface area contributed by atoms with Crippen LogP contribution in [0.2, 0.25) is 0 Å². The summed E-state index contributed by atoms with van der Waals surface area (Å²) in [6, 6.07) is 7.62. The number of nitrogens with one attached hydrogen (secondary N) is 1. The van der Waals surface area contributed by atoms with E-state index in [-0.39, 0.29) is 5.91 Å². The fraction of sp³-hybridized carbons (Fsp3) is 0.682. The largest absolute Gasteiger partial charge is 0.492 e. The summed E-state index contributed by atoms with van der Waals surface area (Å²) in [5.41, 5.74) is 0.0964. The maximum Gasteiger partial charge on any atom is 0.256 e. The van der Waals surface area contributed by atoms with Crippen molar-refractivity contribution in [3.8, 4) is 5.75 Å². The molecule has 1 aliphatic carbocycles. The van der Waals surface area contributed by atoms with Gasteiger partial charge in [0.05, 0.1) is 0 Å². The van der Waals surface area contributed by atoms with E-state index >= 15 is 0 Å². The summed E-state index contributed by atoms with van der Waals surface area (Å²) in [7, 11) is 0. The molecule has 1 amide bonds. The van der Waals surface area contributed by atoms with E-state index in [0.29, 0.717) is 19.1 Å². The number of rotatable bonds is 10. The minimum Gasteiger partial charge on any atom is -0.492 e. The summed E-state index contributed by atoms with van der Waals surface area (Å²) in [4.78, 5) is 15.3. The number of benzene rings is 1. The first-order valence-electron chi connectivity index (χ1n) is 10.4. The van der Waals surface area contributed by atoms with Gasteiger partial charge in [0.15, 0.2) is 0 Å². The lowest BCUT2D eigenvalue weighted by atomic mass is 9.78. The number of nitrogens with zero attached hydrogens (tertiary/aromatic N) is 1. The molecule has 2 atom stereocenters. The van der Waals surface area contributed by atoms with Gasteiger partial charge in [-0.2, -0.15) is 0 Å². The van der Waals surface area contributed by atoms with E-state index in [0.717, 1.165) is 50.3 Å². The minimum atomic E-state index is -0.689. The first kappa shape index (κ1) is 21.7. The van der Waals surface area contributed by atoms with Gasteiger partial charge in [0.25, 0.3) is 5.91 Å². The smallest absolute Gasteiger partial charge is 0.256 e. The van der Waals surface area contributed by atoms with E-state index in [1.165, 1.54) is 6.42 Å². The van der Waals surface area contributed by atoms with Crippen LogP contribution in [0.3, 0.4) is 0 Å². The van der Waals surface area contributed by atoms with Gasteiger partial charge in [-0.1, -0.05) is 27.2 Å². The number of carbonyl (C=O) groups is 1. The Bertz CT molecular complexity index is 567. The maximum atomic E-state index is 13.0. The van der Waals surface area contributed by atoms with Crippen LogP contribution in [0, 0.1) is 5.92 Å². The van der Waals surface area contributed by atoms with Crippen molar-refractivity contribution in [3.05, 3.63) is 24.3 Å². The van der Waals surface area contributed by atoms with Gasteiger partial charge in [0.1, 0.15) is 18.0 Å². The molecular weight excluding hydrogens is 340 g/mol. The standard InChI is InChI=1S/C22H36N2O3/c1-5-24(6-2)15-16-26-20-12-10-19(11-13-20)23-21(25)22(27-7-3)14-8-9-18(4)17-22/h10-13,18H,5-9,14-17H2,1-4H3,(H,23,25)/t18-,22-/m0/s1. The molecule has 0 bridgehead atoms. The van der Waals surface area contributed by atoms with Crippen molar-refractivity contribution >= 4 is 11.6 Å². The first-order valence-corrected chi connectivity index (χ1v) is 10.4. The first-order chi connectivity index (χ1) is 13.0. The summed E-state index contributed by atoms with van der Waals surface area (Å²) >= 11 is 0. The summed E-state index contributed by atoms with van der Waals surface area (Å²) in [6.45, 7) is 12.7. The molecule has 27 heavy (non-hydrogen) atoms. The molecule has 0 aromatic heterocycles. The van der Waals surface area contributed by atoms with Gasteiger partial charge in [-0.25, -0.2) is 0 Å². The Hall–Kier alpha value is -1.59. The van der Waals surface area contributed by atoms with Crippen molar-refractivity contribution in [1.82, 2.24) is 4.90 Å². The Morgan fingerprint density at radius 1 is 1.22 bits per heavy atom. The fourth-order valence-electron chi connectivity index (χ4n) is 3.89. The van der Waals surface area contributed by atoms with E-state index in [9.17, 15) is 4.79 Å². The van der Waals surface area contributed by atoms with Crippen molar-refractivity contribution in [2.45, 2.75) is 59.0 Å². The Morgan fingerprint density at radius 2 is 1.93 bits per heavy atom. The van der Waals surface area contributed by atoms with Gasteiger partial charge in [-0.15, -0.1) is 0 Å². The Balaban J connectivity index is 1.91. The van der Waals surface area contributed by atoms with Crippen molar-refractivity contribution in [3.63, 3.8) is 0 Å². The molecule has 1 saturated carbocycles. The zero-order valence-electron chi connectivity index (χ0n) is 17.4. The molecule has 1 aromatic carbocycles. The van der Waals surface area contributed by atoms with Crippen molar-refractivity contribution in [2.24, 2.45) is 5.92 Å². The zero-order valence-corrected chi connectivity index (χ0v) is 17.4. The second kappa shape index (κ2) is 10.7. The van der Waals surface area contributed by atoms with Crippen molar-refractivity contribution < 1.29 is 14.3 Å². The molecule has 5 heteroatoms. The normalized spacial score (nSPS) is 22.6. The average Bonchev–Trinajstić information content (AvgIpc) is 2.67. The second-order valence-electron chi connectivity index (χ2n) is 7.48. The number of amides is 1. The number of carbonyl (C=O) groups excluding carboxylic acids is 1. The third kappa shape index (κ3) is 6.22. The van der Waals surface area contributed by atoms with Gasteiger partial charge in [-0.05, 0) is 69.5 Å². The van der Waals surface area contributed by atoms with Crippen molar-refractivity contribution in [1.29, 1.82) is 0 Å². The number of ether oxygens (including phenoxy) is 2. The van der Waals surface area contributed by atoms with Crippen LogP contribution in [-0.2, 0) is 9.53 Å². The highest BCUT2D eigenvalue weighted by Gasteiger charge is 2.42. The fourth-order valence-corrected chi connectivity index (χ4v) is 3.89. The lowest BCUT2D eigenvalue weighted by molar-refractivity contribution is -0.147. The van der Waals surface area contributed by atoms with Crippen LogP contribution in [0.1, 0.15) is 53.4 Å². The van der Waals surface area contributed by atoms with Gasteiger partial charge in [0.2, 0.25) is 0 Å². The quantitative estimate of drug-likeness (QED) is 0.660. The van der Waals surface area contributed by atoms with E-state index in [1.54, 1.807) is 0 Å². The van der Waals surface area contributed by atoms with E-state index in [4.69, 9.17) is 9.47 Å². The van der Waals surface area contributed by atoms with Gasteiger partial charge < -0.3 is 19.7 Å². The highest BCUT2D eigenvalue weighted by Crippen LogP contribution is 2.36. The Morgan fingerprint density at radius 3 is 2.52 bits per heavy atom. The zero-order chi connectivity index (χ0) is 19.7. The summed E-state index contributed by atoms with van der Waals surface area (Å²) in [5, 5.41) is 3.05. The molecule has 0 radical (unpaired) electrons. The van der Waals surface area contributed by atoms with E-state index in [1.807, 2.05) is 31.2 Å². The highest BCUT2D eigenvalue weighted by molar-refractivity contribution is 5.97. The lowest BCUT2D eigenvalue weighted by Crippen LogP contribution is -2.48. The summed E-state index contributed by atoms with van der Waals surface area (Å²) in [6.07, 6.45) is 3.79. The number of hydrogen-bond acceptors (Lipinski definition) is 4. The minimum absolute atomic E-state index is 0.0221. The molecule has 0 heterocycles. The molecular formula is C22H36N2O3. The molecule has 0 saturated heterocycles. The Kier molecular flexibility index (Phi) is 8.58. The predicted molar refractivity (Wildman–Crippen MR) is 110 cm³/mol. The maximum absolute atomic E-state index is 13.0.